The number of hydrogen-bond acceptors (Lipinski definition) is 4. The Balaban J connectivity index is 2.08. The lowest BCUT2D eigenvalue weighted by Gasteiger charge is -2.11. The number of halogens is 1. The largest absolute Gasteiger partial charge is 0.471 e. The fourth-order valence-corrected chi connectivity index (χ4v) is 1.75. The van der Waals surface area contributed by atoms with E-state index in [2.05, 4.69) is 20.9 Å². The number of nitrogen functional groups attached to an aromatic ring is 1. The van der Waals surface area contributed by atoms with Crippen LogP contribution in [0.25, 0.3) is 0 Å². The Morgan fingerprint density at radius 3 is 3.14 bits per heavy atom. The first-order valence-electron chi connectivity index (χ1n) is 4.41. The van der Waals surface area contributed by atoms with Crippen LogP contribution in [0, 0.1) is 0 Å². The predicted molar refractivity (Wildman–Crippen MR) is 56.2 cm³/mol. The molecule has 1 aliphatic rings. The van der Waals surface area contributed by atoms with Crippen molar-refractivity contribution in [3.05, 3.63) is 16.7 Å². The molecule has 0 aromatic carbocycles. The van der Waals surface area contributed by atoms with E-state index in [0.29, 0.717) is 18.2 Å². The van der Waals surface area contributed by atoms with Gasteiger partial charge in [-0.2, -0.15) is 0 Å². The molecule has 1 aromatic rings. The summed E-state index contributed by atoms with van der Waals surface area (Å²) in [5, 5.41) is 0. The van der Waals surface area contributed by atoms with Gasteiger partial charge in [0, 0.05) is 6.42 Å². The smallest absolute Gasteiger partial charge is 0.228 e. The van der Waals surface area contributed by atoms with E-state index in [-0.39, 0.29) is 6.10 Å². The molecule has 0 radical (unpaired) electrons. The highest BCUT2D eigenvalue weighted by Gasteiger charge is 2.18. The number of hydrogen-bond donors (Lipinski definition) is 1. The highest BCUT2D eigenvalue weighted by Crippen LogP contribution is 2.26. The van der Waals surface area contributed by atoms with Gasteiger partial charge >= 0.3 is 0 Å². The van der Waals surface area contributed by atoms with Crippen molar-refractivity contribution in [2.24, 2.45) is 0 Å². The first-order chi connectivity index (χ1) is 6.75. The lowest BCUT2D eigenvalue weighted by molar-refractivity contribution is 0.137. The number of ether oxygens (including phenoxy) is 2. The van der Waals surface area contributed by atoms with Gasteiger partial charge in [-0.1, -0.05) is 0 Å². The molecule has 76 valence electrons. The average Bonchev–Trinajstić information content (AvgIpc) is 2.62. The van der Waals surface area contributed by atoms with Gasteiger partial charge in [0.1, 0.15) is 6.10 Å². The Hall–Kier alpha value is -0.810. The monoisotopic (exact) mass is 258 g/mol. The Labute approximate surface area is 90.5 Å². The van der Waals surface area contributed by atoms with Gasteiger partial charge in [-0.3, -0.25) is 0 Å². The van der Waals surface area contributed by atoms with Crippen LogP contribution in [0.4, 0.5) is 5.69 Å². The minimum Gasteiger partial charge on any atom is -0.471 e. The maximum atomic E-state index is 5.62. The van der Waals surface area contributed by atoms with Crippen molar-refractivity contribution in [1.29, 1.82) is 0 Å². The van der Waals surface area contributed by atoms with Crippen LogP contribution < -0.4 is 10.5 Å². The molecule has 4 nitrogen and oxygen atoms in total. The van der Waals surface area contributed by atoms with Crippen molar-refractivity contribution < 1.29 is 9.47 Å². The molecule has 2 heterocycles. The molecule has 1 aromatic heterocycles. The van der Waals surface area contributed by atoms with Crippen LogP contribution in [0.2, 0.25) is 0 Å². The molecule has 0 saturated carbocycles. The molecular formula is C9H11BrN2O2. The molecule has 1 unspecified atom stereocenters. The molecule has 0 amide bonds. The van der Waals surface area contributed by atoms with E-state index in [1.807, 2.05) is 0 Å². The highest BCUT2D eigenvalue weighted by atomic mass is 79.9. The summed E-state index contributed by atoms with van der Waals surface area (Å²) in [6.07, 6.45) is 2.61. The molecule has 14 heavy (non-hydrogen) atoms. The maximum Gasteiger partial charge on any atom is 0.228 e. The predicted octanol–water partition coefficient (Wildman–Crippen LogP) is 1.59. The number of pyridine rings is 1. The zero-order valence-electron chi connectivity index (χ0n) is 7.57. The lowest BCUT2D eigenvalue weighted by Crippen LogP contribution is -2.16. The number of anilines is 1. The molecule has 0 bridgehead atoms. The third-order valence-corrected chi connectivity index (χ3v) is 2.56. The fourth-order valence-electron chi connectivity index (χ4n) is 1.29. The number of nitrogens with zero attached hydrogens (tertiary/aromatic N) is 1. The van der Waals surface area contributed by atoms with Crippen LogP contribution in [0.3, 0.4) is 0 Å². The maximum absolute atomic E-state index is 5.62. The summed E-state index contributed by atoms with van der Waals surface area (Å²) in [5.41, 5.74) is 6.18. The van der Waals surface area contributed by atoms with Crippen molar-refractivity contribution in [3.63, 3.8) is 0 Å². The van der Waals surface area contributed by atoms with Crippen molar-refractivity contribution in [2.75, 3.05) is 18.9 Å². The molecule has 1 aliphatic heterocycles. The van der Waals surface area contributed by atoms with Crippen molar-refractivity contribution in [1.82, 2.24) is 4.98 Å². The standard InChI is InChI=1S/C9H11BrN2O2/c10-8-3-6(11)4-12-9(8)14-7-1-2-13-5-7/h3-4,7H,1-2,5,11H2. The van der Waals surface area contributed by atoms with E-state index >= 15 is 0 Å². The second kappa shape index (κ2) is 4.14. The quantitative estimate of drug-likeness (QED) is 0.876. The van der Waals surface area contributed by atoms with Gasteiger partial charge in [-0.05, 0) is 22.0 Å². The van der Waals surface area contributed by atoms with Crippen LogP contribution in [-0.4, -0.2) is 24.3 Å². The summed E-state index contributed by atoms with van der Waals surface area (Å²) in [6.45, 7) is 1.40. The molecule has 1 saturated heterocycles. The van der Waals surface area contributed by atoms with Crippen LogP contribution >= 0.6 is 15.9 Å². The second-order valence-corrected chi connectivity index (χ2v) is 4.01. The molecule has 0 aliphatic carbocycles. The third kappa shape index (κ3) is 2.16. The minimum absolute atomic E-state index is 0.113. The number of nitrogens with two attached hydrogens (primary N) is 1. The summed E-state index contributed by atoms with van der Waals surface area (Å²) in [6, 6.07) is 1.78. The first kappa shape index (κ1) is 9.73. The van der Waals surface area contributed by atoms with E-state index in [4.69, 9.17) is 15.2 Å². The molecule has 0 spiro atoms. The number of rotatable bonds is 2. The Bertz CT molecular complexity index is 327. The van der Waals surface area contributed by atoms with E-state index in [0.717, 1.165) is 17.5 Å². The lowest BCUT2D eigenvalue weighted by atomic mass is 10.3. The summed E-state index contributed by atoms with van der Waals surface area (Å²) in [4.78, 5) is 4.09. The molecule has 2 N–H and O–H groups in total. The Kier molecular flexibility index (Phi) is 2.88. The van der Waals surface area contributed by atoms with Crippen LogP contribution in [0.1, 0.15) is 6.42 Å². The second-order valence-electron chi connectivity index (χ2n) is 3.16. The van der Waals surface area contributed by atoms with Gasteiger partial charge in [0.25, 0.3) is 0 Å². The van der Waals surface area contributed by atoms with Gasteiger partial charge in [0.05, 0.1) is 29.6 Å². The number of aromatic nitrogens is 1. The minimum atomic E-state index is 0.113. The zero-order chi connectivity index (χ0) is 9.97. The summed E-state index contributed by atoms with van der Waals surface area (Å²) >= 11 is 3.35. The van der Waals surface area contributed by atoms with Gasteiger partial charge in [0.2, 0.25) is 5.88 Å². The molecule has 1 fully saturated rings. The fraction of sp³-hybridized carbons (Fsp3) is 0.444. The molecule has 5 heteroatoms. The van der Waals surface area contributed by atoms with Crippen LogP contribution in [-0.2, 0) is 4.74 Å². The highest BCUT2D eigenvalue weighted by molar-refractivity contribution is 9.10. The van der Waals surface area contributed by atoms with Gasteiger partial charge in [-0.15, -0.1) is 0 Å². The third-order valence-electron chi connectivity index (χ3n) is 1.99. The van der Waals surface area contributed by atoms with E-state index in [1.165, 1.54) is 0 Å². The van der Waals surface area contributed by atoms with Gasteiger partial charge in [-0.25, -0.2) is 4.98 Å². The summed E-state index contributed by atoms with van der Waals surface area (Å²) in [5.74, 6) is 0.578. The summed E-state index contributed by atoms with van der Waals surface area (Å²) < 4.78 is 11.6. The zero-order valence-corrected chi connectivity index (χ0v) is 9.16. The Morgan fingerprint density at radius 1 is 1.64 bits per heavy atom. The van der Waals surface area contributed by atoms with Gasteiger partial charge < -0.3 is 15.2 Å². The van der Waals surface area contributed by atoms with E-state index in [1.54, 1.807) is 12.3 Å². The van der Waals surface area contributed by atoms with E-state index < -0.39 is 0 Å². The van der Waals surface area contributed by atoms with Crippen molar-refractivity contribution in [3.8, 4) is 5.88 Å². The molecule has 2 rings (SSSR count). The molecule has 1 atom stereocenters. The molecular weight excluding hydrogens is 248 g/mol. The van der Waals surface area contributed by atoms with Crippen molar-refractivity contribution in [2.45, 2.75) is 12.5 Å². The van der Waals surface area contributed by atoms with Crippen LogP contribution in [0.5, 0.6) is 5.88 Å². The average molecular weight is 259 g/mol. The SMILES string of the molecule is Nc1cnc(OC2CCOC2)c(Br)c1. The normalized spacial score (nSPS) is 21.1. The topological polar surface area (TPSA) is 57.4 Å². The van der Waals surface area contributed by atoms with Crippen LogP contribution in [0.15, 0.2) is 16.7 Å². The van der Waals surface area contributed by atoms with E-state index in [9.17, 15) is 0 Å². The van der Waals surface area contributed by atoms with Crippen molar-refractivity contribution >= 4 is 21.6 Å². The Morgan fingerprint density at radius 2 is 2.50 bits per heavy atom. The first-order valence-corrected chi connectivity index (χ1v) is 5.20. The summed E-state index contributed by atoms with van der Waals surface area (Å²) in [7, 11) is 0. The van der Waals surface area contributed by atoms with Gasteiger partial charge in [0.15, 0.2) is 0 Å².